The molecule has 0 saturated carbocycles. The van der Waals surface area contributed by atoms with Crippen molar-refractivity contribution in [3.8, 4) is 5.75 Å². The molecule has 0 aliphatic heterocycles. The van der Waals surface area contributed by atoms with Crippen LogP contribution >= 0.6 is 47.8 Å². The van der Waals surface area contributed by atoms with Crippen LogP contribution in [-0.4, -0.2) is 18.9 Å². The maximum Gasteiger partial charge on any atom is 0.344 e. The zero-order chi connectivity index (χ0) is 18.2. The van der Waals surface area contributed by atoms with Crippen LogP contribution in [0.15, 0.2) is 42.6 Å². The molecule has 0 radical (unpaired) electrons. The van der Waals surface area contributed by atoms with Gasteiger partial charge in [0.2, 0.25) is 0 Å². The Morgan fingerprint density at radius 3 is 2.25 bits per heavy atom. The molecule has 0 fully saturated rings. The van der Waals surface area contributed by atoms with Crippen molar-refractivity contribution >= 4 is 63.9 Å². The van der Waals surface area contributed by atoms with E-state index >= 15 is 0 Å². The van der Waals surface area contributed by atoms with Crippen molar-refractivity contribution in [2.75, 3.05) is 0 Å². The van der Waals surface area contributed by atoms with E-state index in [-0.39, 0.29) is 16.2 Å². The minimum absolute atomic E-state index is 0.216. The second kappa shape index (κ2) is 7.25. The Morgan fingerprint density at radius 2 is 1.67 bits per heavy atom. The highest BCUT2D eigenvalue weighted by molar-refractivity contribution is 9.13. The van der Waals surface area contributed by atoms with Gasteiger partial charge in [-0.15, -0.1) is 0 Å². The summed E-state index contributed by atoms with van der Waals surface area (Å²) in [6.07, 6.45) is 0. The summed E-state index contributed by atoms with van der Waals surface area (Å²) in [5.41, 5.74) is 0.985. The summed E-state index contributed by atoms with van der Waals surface area (Å²) in [5.74, 6) is -0.390. The number of rotatable bonds is 3. The predicted molar refractivity (Wildman–Crippen MR) is 100 cm³/mol. The van der Waals surface area contributed by atoms with Crippen molar-refractivity contribution in [1.29, 1.82) is 0 Å². The van der Waals surface area contributed by atoms with Crippen LogP contribution in [0.1, 0.15) is 21.5 Å². The third kappa shape index (κ3) is 4.26. The zero-order valence-corrected chi connectivity index (χ0v) is 18.0. The molecule has 1 N–H and O–H groups in total. The van der Waals surface area contributed by atoms with E-state index in [1.807, 2.05) is 0 Å². The molecular weight excluding hydrogens is 532 g/mol. The Bertz CT molecular complexity index is 939. The summed E-state index contributed by atoms with van der Waals surface area (Å²) in [4.78, 5) is 12.2. The maximum atomic E-state index is 12.4. The number of esters is 1. The Kier molecular flexibility index (Phi) is 5.91. The van der Waals surface area contributed by atoms with Crippen molar-refractivity contribution in [3.05, 3.63) is 54.4 Å². The molecule has 0 saturated heterocycles. The number of aryl methyl sites for hydroxylation is 2. The van der Waals surface area contributed by atoms with E-state index in [0.717, 1.165) is 0 Å². The highest BCUT2D eigenvalue weighted by Gasteiger charge is 2.20. The van der Waals surface area contributed by atoms with E-state index in [9.17, 15) is 17.8 Å². The van der Waals surface area contributed by atoms with Crippen LogP contribution in [0.4, 0.5) is 0 Å². The first-order valence-corrected chi connectivity index (χ1v) is 10.3. The van der Waals surface area contributed by atoms with Gasteiger partial charge in [-0.3, -0.25) is 4.55 Å². The highest BCUT2D eigenvalue weighted by Crippen LogP contribution is 2.32. The zero-order valence-electron chi connectivity index (χ0n) is 12.4. The fourth-order valence-electron chi connectivity index (χ4n) is 2.01. The van der Waals surface area contributed by atoms with Crippen molar-refractivity contribution in [1.82, 2.24) is 0 Å². The summed E-state index contributed by atoms with van der Waals surface area (Å²) < 4.78 is 39.1. The lowest BCUT2D eigenvalue weighted by atomic mass is 10.1. The molecular formula is C15H11Br3O5S. The molecule has 0 aliphatic carbocycles. The fourth-order valence-corrected chi connectivity index (χ4v) is 4.42. The van der Waals surface area contributed by atoms with E-state index in [0.29, 0.717) is 24.5 Å². The van der Waals surface area contributed by atoms with Crippen LogP contribution in [0.2, 0.25) is 0 Å². The second-order valence-electron chi connectivity index (χ2n) is 5.00. The third-order valence-corrected chi connectivity index (χ3v) is 6.63. The lowest BCUT2D eigenvalue weighted by Crippen LogP contribution is -2.11. The highest BCUT2D eigenvalue weighted by atomic mass is 79.9. The number of ether oxygens (including phenoxy) is 1. The normalized spacial score (nSPS) is 11.4. The lowest BCUT2D eigenvalue weighted by molar-refractivity contribution is 0.0732. The molecule has 0 unspecified atom stereocenters. The monoisotopic (exact) mass is 540 g/mol. The van der Waals surface area contributed by atoms with E-state index in [2.05, 4.69) is 47.8 Å². The summed E-state index contributed by atoms with van der Waals surface area (Å²) >= 11 is 9.95. The van der Waals surface area contributed by atoms with E-state index in [1.165, 1.54) is 19.1 Å². The molecule has 0 atom stereocenters. The molecule has 2 aromatic carbocycles. The molecule has 9 heteroatoms. The Labute approximate surface area is 164 Å². The van der Waals surface area contributed by atoms with Gasteiger partial charge in [0.05, 0.1) is 10.5 Å². The summed E-state index contributed by atoms with van der Waals surface area (Å²) in [5, 5.41) is 0. The van der Waals surface area contributed by atoms with Gasteiger partial charge in [0.25, 0.3) is 10.1 Å². The summed E-state index contributed by atoms with van der Waals surface area (Å²) in [6, 6.07) is 6.04. The van der Waals surface area contributed by atoms with Gasteiger partial charge in [0.15, 0.2) is 0 Å². The smallest absolute Gasteiger partial charge is 0.344 e. The van der Waals surface area contributed by atoms with Crippen molar-refractivity contribution < 1.29 is 22.5 Å². The van der Waals surface area contributed by atoms with Gasteiger partial charge >= 0.3 is 5.97 Å². The standard InChI is InChI=1S/C15H11Br3O5S/c1-7-4-13(24(20,21)22)8(2)3-12(7)23-15(19)10-5-9(16)6-11(17)14(10)18/h3-6H,1-2H3,(H,20,21,22). The first-order chi connectivity index (χ1) is 11.0. The largest absolute Gasteiger partial charge is 0.423 e. The molecule has 0 bridgehead atoms. The van der Waals surface area contributed by atoms with Gasteiger partial charge in [0, 0.05) is 13.4 Å². The molecule has 128 valence electrons. The Morgan fingerprint density at radius 1 is 1.04 bits per heavy atom. The van der Waals surface area contributed by atoms with Crippen LogP contribution in [0.3, 0.4) is 0 Å². The lowest BCUT2D eigenvalue weighted by Gasteiger charge is -2.12. The predicted octanol–water partition coefficient (Wildman–Crippen LogP) is 5.06. The third-order valence-electron chi connectivity index (χ3n) is 3.17. The Balaban J connectivity index is 2.42. The average molecular weight is 543 g/mol. The molecule has 2 rings (SSSR count). The maximum absolute atomic E-state index is 12.4. The van der Waals surface area contributed by atoms with Crippen LogP contribution in [-0.2, 0) is 10.1 Å². The van der Waals surface area contributed by atoms with Gasteiger partial charge in [0.1, 0.15) is 5.75 Å². The first kappa shape index (κ1) is 19.6. The Hall–Kier alpha value is -0.740. The van der Waals surface area contributed by atoms with Gasteiger partial charge in [-0.25, -0.2) is 4.79 Å². The molecule has 0 aromatic heterocycles. The van der Waals surface area contributed by atoms with Crippen molar-refractivity contribution in [2.45, 2.75) is 18.7 Å². The molecule has 0 heterocycles. The minimum Gasteiger partial charge on any atom is -0.423 e. The molecule has 0 spiro atoms. The van der Waals surface area contributed by atoms with Crippen LogP contribution in [0.25, 0.3) is 0 Å². The van der Waals surface area contributed by atoms with E-state index < -0.39 is 16.1 Å². The molecule has 24 heavy (non-hydrogen) atoms. The minimum atomic E-state index is -4.33. The molecule has 2 aromatic rings. The summed E-state index contributed by atoms with van der Waals surface area (Å²) in [7, 11) is -4.33. The van der Waals surface area contributed by atoms with E-state index in [1.54, 1.807) is 19.1 Å². The van der Waals surface area contributed by atoms with Gasteiger partial charge in [-0.1, -0.05) is 15.9 Å². The number of halogens is 3. The number of benzene rings is 2. The number of hydrogen-bond acceptors (Lipinski definition) is 4. The second-order valence-corrected chi connectivity index (χ2v) is 8.95. The van der Waals surface area contributed by atoms with Crippen molar-refractivity contribution in [3.63, 3.8) is 0 Å². The number of hydrogen-bond donors (Lipinski definition) is 1. The average Bonchev–Trinajstić information content (AvgIpc) is 2.45. The van der Waals surface area contributed by atoms with E-state index in [4.69, 9.17) is 4.74 Å². The number of carbonyl (C=O) groups excluding carboxylic acids is 1. The molecule has 5 nitrogen and oxygen atoms in total. The van der Waals surface area contributed by atoms with Gasteiger partial charge in [-0.05, 0) is 81.1 Å². The van der Waals surface area contributed by atoms with Crippen LogP contribution in [0.5, 0.6) is 5.75 Å². The molecule has 0 aliphatic rings. The number of carbonyl (C=O) groups is 1. The summed E-state index contributed by atoms with van der Waals surface area (Å²) in [6.45, 7) is 3.09. The van der Waals surface area contributed by atoms with Gasteiger partial charge in [-0.2, -0.15) is 8.42 Å². The van der Waals surface area contributed by atoms with Crippen molar-refractivity contribution in [2.24, 2.45) is 0 Å². The first-order valence-electron chi connectivity index (χ1n) is 6.46. The van der Waals surface area contributed by atoms with Crippen LogP contribution in [0, 0.1) is 13.8 Å². The van der Waals surface area contributed by atoms with Crippen LogP contribution < -0.4 is 4.74 Å². The SMILES string of the molecule is Cc1cc(S(=O)(=O)O)c(C)cc1OC(=O)c1cc(Br)cc(Br)c1Br. The van der Waals surface area contributed by atoms with Gasteiger partial charge < -0.3 is 4.74 Å². The quantitative estimate of drug-likeness (QED) is 0.254. The fraction of sp³-hybridized carbons (Fsp3) is 0.133. The topological polar surface area (TPSA) is 80.7 Å². The molecule has 0 amide bonds.